The molecular weight excluding hydrogens is 729 g/mol. The summed E-state index contributed by atoms with van der Waals surface area (Å²) < 4.78 is 10.7. The molecule has 0 aromatic carbocycles. The van der Waals surface area contributed by atoms with Crippen molar-refractivity contribution in [1.29, 1.82) is 0 Å². The number of hydrogen-bond acceptors (Lipinski definition) is 7. The van der Waals surface area contributed by atoms with Crippen LogP contribution in [-0.4, -0.2) is 60.8 Å². The van der Waals surface area contributed by atoms with Gasteiger partial charge in [0.1, 0.15) is 6.10 Å². The van der Waals surface area contributed by atoms with Crippen molar-refractivity contribution < 1.29 is 33.8 Å². The number of aliphatic hydroxyl groups is 1. The van der Waals surface area contributed by atoms with Gasteiger partial charge in [0, 0.05) is 25.3 Å². The molecule has 0 heterocycles. The summed E-state index contributed by atoms with van der Waals surface area (Å²) in [6, 6.07) is -0.479. The quantitative estimate of drug-likeness (QED) is 0.0758. The number of hydrogen-bond donors (Lipinski definition) is 3. The Morgan fingerprint density at radius 3 is 2.16 bits per heavy atom. The molecule has 5 saturated carbocycles. The summed E-state index contributed by atoms with van der Waals surface area (Å²) in [6.45, 7) is 25.6. The fraction of sp³-hybridized carbons (Fsp3) is 0.878. The zero-order valence-corrected chi connectivity index (χ0v) is 38.2. The molecule has 5 aliphatic carbocycles. The molecule has 58 heavy (non-hydrogen) atoms. The Morgan fingerprint density at radius 1 is 0.810 bits per heavy atom. The summed E-state index contributed by atoms with van der Waals surface area (Å²) in [7, 11) is 1.30. The Balaban J connectivity index is 1.16. The molecule has 330 valence electrons. The molecule has 5 rings (SSSR count). The lowest BCUT2D eigenvalue weighted by Crippen LogP contribution is -2.67. The van der Waals surface area contributed by atoms with E-state index in [4.69, 9.17) is 9.47 Å². The van der Waals surface area contributed by atoms with Gasteiger partial charge in [-0.15, -0.1) is 0 Å². The van der Waals surface area contributed by atoms with Crippen molar-refractivity contribution in [3.63, 3.8) is 0 Å². The molecule has 0 bridgehead atoms. The van der Waals surface area contributed by atoms with Gasteiger partial charge in [-0.3, -0.25) is 19.2 Å². The van der Waals surface area contributed by atoms with Crippen LogP contribution in [0.2, 0.25) is 0 Å². The third-order valence-electron chi connectivity index (χ3n) is 17.8. The average molecular weight is 811 g/mol. The van der Waals surface area contributed by atoms with E-state index in [-0.39, 0.29) is 63.3 Å². The molecule has 2 amide bonds. The molecule has 3 N–H and O–H groups in total. The highest BCUT2D eigenvalue weighted by Crippen LogP contribution is 2.77. The van der Waals surface area contributed by atoms with Crippen molar-refractivity contribution in [2.24, 2.45) is 62.6 Å². The number of nitrogens with one attached hydrogen (secondary N) is 2. The van der Waals surface area contributed by atoms with Gasteiger partial charge in [-0.1, -0.05) is 79.9 Å². The van der Waals surface area contributed by atoms with Crippen LogP contribution in [0.1, 0.15) is 178 Å². The highest BCUT2D eigenvalue weighted by molar-refractivity contribution is 5.84. The largest absolute Gasteiger partial charge is 0.469 e. The van der Waals surface area contributed by atoms with Gasteiger partial charge in [-0.25, -0.2) is 0 Å². The molecule has 0 unspecified atom stereocenters. The highest BCUT2D eigenvalue weighted by atomic mass is 16.5. The maximum absolute atomic E-state index is 14.6. The smallest absolute Gasteiger partial charge is 0.308 e. The van der Waals surface area contributed by atoms with E-state index >= 15 is 0 Å². The van der Waals surface area contributed by atoms with E-state index in [1.165, 1.54) is 38.4 Å². The number of allylic oxidation sites excluding steroid dienone is 1. The van der Waals surface area contributed by atoms with E-state index in [1.54, 1.807) is 6.92 Å². The second-order valence-corrected chi connectivity index (χ2v) is 21.7. The Hall–Kier alpha value is -2.42. The lowest BCUT2D eigenvalue weighted by Gasteiger charge is -2.72. The summed E-state index contributed by atoms with van der Waals surface area (Å²) >= 11 is 0. The van der Waals surface area contributed by atoms with Gasteiger partial charge in [-0.2, -0.15) is 0 Å². The van der Waals surface area contributed by atoms with Crippen LogP contribution in [0.3, 0.4) is 0 Å². The summed E-state index contributed by atoms with van der Waals surface area (Å²) in [6.07, 6.45) is 15.4. The Bertz CT molecular complexity index is 1510. The van der Waals surface area contributed by atoms with Gasteiger partial charge in [0.25, 0.3) is 0 Å². The summed E-state index contributed by atoms with van der Waals surface area (Å²) in [5.74, 6) is 2.14. The maximum Gasteiger partial charge on any atom is 0.308 e. The first kappa shape index (κ1) is 46.6. The molecule has 0 radical (unpaired) electrons. The standard InChI is InChI=1S/C49H82N2O7/c1-31(2)29-36(37(53)30-42(55)57-11)51-41(54)17-15-13-12-14-16-28-50-44(56)49-25-20-34(32(3)4)43(49)35-18-19-39-46(8)23-22-40(58-33(5)52)45(6,7)38(46)21-24-48(39,10)47(35,9)26-27-49/h31,34-40,43,53H,3,12-30H2,1-2,4-11H3,(H,50,56)(H,51,54)/t34-,35+,36-,37-,38-,39+,40-,43+,46-,47+,48+,49-/m0/s1. The first-order chi connectivity index (χ1) is 27.2. The number of aliphatic hydroxyl groups excluding tert-OH is 1. The summed E-state index contributed by atoms with van der Waals surface area (Å²) in [5, 5.41) is 17.0. The van der Waals surface area contributed by atoms with Gasteiger partial charge in [0.05, 0.1) is 31.1 Å². The molecule has 0 saturated heterocycles. The zero-order valence-electron chi connectivity index (χ0n) is 38.2. The summed E-state index contributed by atoms with van der Waals surface area (Å²) in [4.78, 5) is 51.1. The van der Waals surface area contributed by atoms with Crippen LogP contribution >= 0.6 is 0 Å². The Morgan fingerprint density at radius 2 is 1.50 bits per heavy atom. The van der Waals surface area contributed by atoms with E-state index in [9.17, 15) is 24.3 Å². The van der Waals surface area contributed by atoms with Crippen LogP contribution in [0.5, 0.6) is 0 Å². The van der Waals surface area contributed by atoms with Crippen LogP contribution in [0.15, 0.2) is 12.2 Å². The van der Waals surface area contributed by atoms with E-state index in [0.717, 1.165) is 70.6 Å². The number of carbonyl (C=O) groups is 4. The van der Waals surface area contributed by atoms with Crippen molar-refractivity contribution >= 4 is 23.8 Å². The SMILES string of the molecule is C=C(C)[C@@H]1CC[C@]2(C(=O)NCCCCCCCC(=O)N[C@@H](CC(C)C)[C@@H](O)CC(=O)OC)CC[C@]3(C)[C@H](CC[C@@H]4[C@@]5(C)CC[C@H](OC(C)=O)C(C)(C)[C@@H]5CC[C@]43C)[C@@H]12. The number of esters is 2. The molecule has 5 fully saturated rings. The number of amides is 2. The van der Waals surface area contributed by atoms with Crippen LogP contribution in [0, 0.1) is 62.6 Å². The molecule has 9 heteroatoms. The molecule has 0 spiro atoms. The molecule has 0 aromatic heterocycles. The van der Waals surface area contributed by atoms with Gasteiger partial charge >= 0.3 is 11.9 Å². The van der Waals surface area contributed by atoms with Crippen LogP contribution < -0.4 is 10.6 Å². The predicted molar refractivity (Wildman–Crippen MR) is 229 cm³/mol. The molecule has 5 aliphatic rings. The van der Waals surface area contributed by atoms with Gasteiger partial charge in [0.15, 0.2) is 0 Å². The second-order valence-electron chi connectivity index (χ2n) is 21.7. The number of rotatable bonds is 17. The van der Waals surface area contributed by atoms with Crippen molar-refractivity contribution in [2.75, 3.05) is 13.7 Å². The average Bonchev–Trinajstić information content (AvgIpc) is 3.55. The van der Waals surface area contributed by atoms with Crippen LogP contribution in [-0.2, 0) is 28.7 Å². The maximum atomic E-state index is 14.6. The number of carbonyl (C=O) groups excluding carboxylic acids is 4. The number of methoxy groups -OCH3 is 1. The van der Waals surface area contributed by atoms with Crippen molar-refractivity contribution in [1.82, 2.24) is 10.6 Å². The molecular formula is C49H82N2O7. The normalized spacial score (nSPS) is 37.2. The van der Waals surface area contributed by atoms with Crippen molar-refractivity contribution in [3.8, 4) is 0 Å². The number of unbranched alkanes of at least 4 members (excludes halogenated alkanes) is 4. The molecule has 0 aliphatic heterocycles. The van der Waals surface area contributed by atoms with Gasteiger partial charge < -0.3 is 25.2 Å². The minimum atomic E-state index is -0.973. The Labute approximate surface area is 351 Å². The third-order valence-corrected chi connectivity index (χ3v) is 17.8. The topological polar surface area (TPSA) is 131 Å². The van der Waals surface area contributed by atoms with E-state index in [1.807, 2.05) is 13.8 Å². The van der Waals surface area contributed by atoms with E-state index in [0.29, 0.717) is 49.0 Å². The summed E-state index contributed by atoms with van der Waals surface area (Å²) in [5.41, 5.74) is 1.42. The number of fused-ring (bicyclic) bond motifs is 7. The van der Waals surface area contributed by atoms with Gasteiger partial charge in [-0.05, 0) is 142 Å². The lowest BCUT2D eigenvalue weighted by molar-refractivity contribution is -0.248. The molecule has 0 aromatic rings. The fourth-order valence-electron chi connectivity index (χ4n) is 14.7. The van der Waals surface area contributed by atoms with Crippen LogP contribution in [0.4, 0.5) is 0 Å². The minimum Gasteiger partial charge on any atom is -0.469 e. The minimum absolute atomic E-state index is 0.0160. The monoisotopic (exact) mass is 811 g/mol. The lowest BCUT2D eigenvalue weighted by atomic mass is 9.32. The van der Waals surface area contributed by atoms with E-state index < -0.39 is 18.1 Å². The van der Waals surface area contributed by atoms with Gasteiger partial charge in [0.2, 0.25) is 11.8 Å². The van der Waals surface area contributed by atoms with Crippen molar-refractivity contribution in [3.05, 3.63) is 12.2 Å². The fourth-order valence-corrected chi connectivity index (χ4v) is 14.7. The van der Waals surface area contributed by atoms with E-state index in [2.05, 4.69) is 58.8 Å². The highest BCUT2D eigenvalue weighted by Gasteiger charge is 2.72. The second kappa shape index (κ2) is 18.3. The third kappa shape index (κ3) is 8.82. The predicted octanol–water partition coefficient (Wildman–Crippen LogP) is 9.49. The van der Waals surface area contributed by atoms with Crippen molar-refractivity contribution in [2.45, 2.75) is 196 Å². The molecule has 12 atom stereocenters. The zero-order chi connectivity index (χ0) is 42.8. The number of ether oxygens (including phenoxy) is 2. The Kier molecular flexibility index (Phi) is 14.7. The first-order valence-electron chi connectivity index (χ1n) is 23.3. The molecule has 9 nitrogen and oxygen atoms in total. The first-order valence-corrected chi connectivity index (χ1v) is 23.3. The van der Waals surface area contributed by atoms with Crippen LogP contribution in [0.25, 0.3) is 0 Å².